The molecule has 186 valence electrons. The summed E-state index contributed by atoms with van der Waals surface area (Å²) < 4.78 is 14.5. The average Bonchev–Trinajstić information content (AvgIpc) is 3.38. The number of ether oxygens (including phenoxy) is 2. The normalized spacial score (nSPS) is 32.5. The Labute approximate surface area is 208 Å². The van der Waals surface area contributed by atoms with Crippen molar-refractivity contribution < 1.29 is 9.47 Å². The van der Waals surface area contributed by atoms with Crippen molar-refractivity contribution in [3.63, 3.8) is 0 Å². The van der Waals surface area contributed by atoms with E-state index in [0.29, 0.717) is 17.8 Å². The molecule has 2 aliphatic carbocycles. The van der Waals surface area contributed by atoms with Gasteiger partial charge in [0.1, 0.15) is 0 Å². The van der Waals surface area contributed by atoms with E-state index in [9.17, 15) is 0 Å². The van der Waals surface area contributed by atoms with Gasteiger partial charge in [0.05, 0.1) is 18.9 Å². The largest absolute Gasteiger partial charge is 0.352 e. The van der Waals surface area contributed by atoms with Gasteiger partial charge in [-0.05, 0) is 78.8 Å². The molecule has 6 nitrogen and oxygen atoms in total. The predicted molar refractivity (Wildman–Crippen MR) is 135 cm³/mol. The molecule has 2 heterocycles. The van der Waals surface area contributed by atoms with Gasteiger partial charge in [-0.2, -0.15) is 4.68 Å². The van der Waals surface area contributed by atoms with E-state index in [1.165, 1.54) is 64.2 Å². The molecule has 0 amide bonds. The molecule has 0 atom stereocenters. The van der Waals surface area contributed by atoms with Crippen molar-refractivity contribution >= 4 is 11.8 Å². The predicted octanol–water partition coefficient (Wildman–Crippen LogP) is 6.16. The molecule has 0 spiro atoms. The monoisotopic (exact) mass is 484 g/mol. The van der Waals surface area contributed by atoms with Gasteiger partial charge in [0.25, 0.3) is 0 Å². The lowest BCUT2D eigenvalue weighted by Gasteiger charge is -2.41. The lowest BCUT2D eigenvalue weighted by Crippen LogP contribution is -2.41. The second-order valence-electron chi connectivity index (χ2n) is 10.7. The van der Waals surface area contributed by atoms with E-state index in [4.69, 9.17) is 9.47 Å². The summed E-state index contributed by atoms with van der Waals surface area (Å²) in [6.45, 7) is 4.13. The minimum atomic E-state index is 0.0201. The van der Waals surface area contributed by atoms with E-state index in [1.54, 1.807) is 11.8 Å². The topological polar surface area (TPSA) is 62.1 Å². The molecule has 0 radical (unpaired) electrons. The van der Waals surface area contributed by atoms with Crippen LogP contribution < -0.4 is 0 Å². The molecule has 2 aromatic rings. The Kier molecular flexibility index (Phi) is 8.56. The number of rotatable bonds is 8. The number of thioether (sulfide) groups is 1. The molecule has 0 N–H and O–H groups in total. The first kappa shape index (κ1) is 24.3. The zero-order valence-electron chi connectivity index (χ0n) is 20.6. The minimum absolute atomic E-state index is 0.0201. The van der Waals surface area contributed by atoms with Crippen molar-refractivity contribution in [1.29, 1.82) is 0 Å². The Balaban J connectivity index is 1.02. The number of nitrogens with zero attached hydrogens (tertiary/aromatic N) is 4. The maximum atomic E-state index is 6.32. The first-order valence-electron chi connectivity index (χ1n) is 13.5. The number of aromatic nitrogens is 4. The van der Waals surface area contributed by atoms with Crippen molar-refractivity contribution in [2.45, 2.75) is 82.6 Å². The summed E-state index contributed by atoms with van der Waals surface area (Å²) in [5.41, 5.74) is 1.01. The van der Waals surface area contributed by atoms with Crippen molar-refractivity contribution in [3.05, 3.63) is 30.3 Å². The first-order chi connectivity index (χ1) is 16.8. The highest BCUT2D eigenvalue weighted by Crippen LogP contribution is 2.40. The highest BCUT2D eigenvalue weighted by atomic mass is 32.2. The van der Waals surface area contributed by atoms with Crippen LogP contribution in [0.5, 0.6) is 0 Å². The van der Waals surface area contributed by atoms with Gasteiger partial charge in [0.2, 0.25) is 5.16 Å². The molecular formula is C27H40N4O2S. The van der Waals surface area contributed by atoms with Gasteiger partial charge in [-0.25, -0.2) is 0 Å². The highest BCUT2D eigenvalue weighted by Gasteiger charge is 2.36. The molecule has 1 aromatic carbocycles. The quantitative estimate of drug-likeness (QED) is 0.418. The Morgan fingerprint density at radius 2 is 1.53 bits per heavy atom. The Bertz CT molecular complexity index is 855. The van der Waals surface area contributed by atoms with Gasteiger partial charge in [-0.15, -0.1) is 5.10 Å². The van der Waals surface area contributed by atoms with Crippen LogP contribution in [0, 0.1) is 29.6 Å². The Morgan fingerprint density at radius 3 is 2.24 bits per heavy atom. The van der Waals surface area contributed by atoms with Crippen molar-refractivity contribution in [2.75, 3.05) is 19.0 Å². The zero-order valence-corrected chi connectivity index (χ0v) is 21.4. The van der Waals surface area contributed by atoms with E-state index in [-0.39, 0.29) is 6.29 Å². The summed E-state index contributed by atoms with van der Waals surface area (Å²) in [4.78, 5) is 0. The Morgan fingerprint density at radius 1 is 0.853 bits per heavy atom. The smallest absolute Gasteiger partial charge is 0.214 e. The number of para-hydroxylation sites is 1. The summed E-state index contributed by atoms with van der Waals surface area (Å²) >= 11 is 1.78. The summed E-state index contributed by atoms with van der Waals surface area (Å²) in [5.74, 6) is 4.72. The van der Waals surface area contributed by atoms with Crippen LogP contribution in [0.1, 0.15) is 71.1 Å². The lowest BCUT2D eigenvalue weighted by molar-refractivity contribution is -0.237. The van der Waals surface area contributed by atoms with Crippen molar-refractivity contribution in [2.24, 2.45) is 29.6 Å². The van der Waals surface area contributed by atoms with Crippen LogP contribution in [0.25, 0.3) is 5.69 Å². The maximum Gasteiger partial charge on any atom is 0.214 e. The number of hydrogen-bond donors (Lipinski definition) is 0. The third-order valence-electron chi connectivity index (χ3n) is 8.37. The van der Waals surface area contributed by atoms with Gasteiger partial charge in [-0.3, -0.25) is 0 Å². The van der Waals surface area contributed by atoms with Gasteiger partial charge in [0.15, 0.2) is 6.29 Å². The maximum absolute atomic E-state index is 6.32. The van der Waals surface area contributed by atoms with Crippen LogP contribution in [0.3, 0.4) is 0 Å². The molecule has 1 aromatic heterocycles. The van der Waals surface area contributed by atoms with Gasteiger partial charge in [0, 0.05) is 17.6 Å². The average molecular weight is 485 g/mol. The summed E-state index contributed by atoms with van der Waals surface area (Å²) in [5, 5.41) is 13.2. The fourth-order valence-electron chi connectivity index (χ4n) is 6.25. The van der Waals surface area contributed by atoms with E-state index >= 15 is 0 Å². The first-order valence-corrected chi connectivity index (χ1v) is 14.5. The summed E-state index contributed by atoms with van der Waals surface area (Å²) in [7, 11) is 0. The van der Waals surface area contributed by atoms with E-state index in [0.717, 1.165) is 41.6 Å². The molecule has 2 saturated carbocycles. The molecular weight excluding hydrogens is 444 g/mol. The minimum Gasteiger partial charge on any atom is -0.352 e. The fourth-order valence-corrected chi connectivity index (χ4v) is 7.33. The van der Waals surface area contributed by atoms with Crippen LogP contribution in [0.4, 0.5) is 0 Å². The second kappa shape index (κ2) is 12.0. The van der Waals surface area contributed by atoms with Crippen LogP contribution in [0.15, 0.2) is 35.5 Å². The van der Waals surface area contributed by atoms with Crippen LogP contribution in [-0.2, 0) is 9.47 Å². The molecule has 7 heteroatoms. The second-order valence-corrected chi connectivity index (χ2v) is 11.7. The van der Waals surface area contributed by atoms with E-state index < -0.39 is 0 Å². The number of hydrogen-bond acceptors (Lipinski definition) is 6. The summed E-state index contributed by atoms with van der Waals surface area (Å²) in [6.07, 6.45) is 13.2. The molecule has 5 rings (SSSR count). The SMILES string of the molecule is CCCC1CCC(C2COC(C3CCC(CSc4nnnn4-c4ccccc4)CC3)OC2)CC1. The number of benzene rings is 1. The van der Waals surface area contributed by atoms with Crippen LogP contribution in [-0.4, -0.2) is 45.5 Å². The van der Waals surface area contributed by atoms with Crippen LogP contribution >= 0.6 is 11.8 Å². The standard InChI is InChI=1S/C27H40N4O2S/c1-2-6-20-9-13-22(14-10-20)24-17-32-26(33-18-24)23-15-11-21(12-16-23)19-34-27-28-29-30-31(27)25-7-4-3-5-8-25/h3-5,7-8,20-24,26H,2,6,9-19H2,1H3. The fraction of sp³-hybridized carbons (Fsp3) is 0.741. The summed E-state index contributed by atoms with van der Waals surface area (Å²) in [6, 6.07) is 10.1. The van der Waals surface area contributed by atoms with Crippen molar-refractivity contribution in [3.8, 4) is 5.69 Å². The van der Waals surface area contributed by atoms with Gasteiger partial charge in [-0.1, -0.05) is 62.6 Å². The third-order valence-corrected chi connectivity index (χ3v) is 9.52. The molecule has 0 bridgehead atoms. The molecule has 3 fully saturated rings. The molecule has 1 saturated heterocycles. The van der Waals surface area contributed by atoms with Gasteiger partial charge < -0.3 is 9.47 Å². The van der Waals surface area contributed by atoms with Crippen LogP contribution in [0.2, 0.25) is 0 Å². The van der Waals surface area contributed by atoms with E-state index in [1.807, 2.05) is 35.0 Å². The van der Waals surface area contributed by atoms with E-state index in [2.05, 4.69) is 22.4 Å². The molecule has 0 unspecified atom stereocenters. The number of tetrazole rings is 1. The highest BCUT2D eigenvalue weighted by molar-refractivity contribution is 7.99. The molecule has 3 aliphatic rings. The third kappa shape index (κ3) is 6.03. The van der Waals surface area contributed by atoms with Gasteiger partial charge >= 0.3 is 0 Å². The molecule has 1 aliphatic heterocycles. The van der Waals surface area contributed by atoms with Crippen molar-refractivity contribution in [1.82, 2.24) is 20.2 Å². The lowest BCUT2D eigenvalue weighted by atomic mass is 9.75. The Hall–Kier alpha value is -1.44. The molecule has 34 heavy (non-hydrogen) atoms. The zero-order chi connectivity index (χ0) is 23.2.